The van der Waals surface area contributed by atoms with E-state index in [2.05, 4.69) is 0 Å². The summed E-state index contributed by atoms with van der Waals surface area (Å²) in [7, 11) is 0. The molecule has 1 saturated carbocycles. The molecule has 3 aliphatic rings. The Kier molecular flexibility index (Phi) is 1.10. The summed E-state index contributed by atoms with van der Waals surface area (Å²) in [5.74, 6) is 0.507. The first kappa shape index (κ1) is 5.96. The third kappa shape index (κ3) is 0.681. The van der Waals surface area contributed by atoms with Gasteiger partial charge in [0.15, 0.2) is 0 Å². The molecule has 1 fully saturated rings. The second-order valence-corrected chi connectivity index (χ2v) is 3.23. The zero-order chi connectivity index (χ0) is 7.14. The zero-order valence-corrected chi connectivity index (χ0v) is 5.71. The molecule has 0 heterocycles. The molecule has 0 spiro atoms. The lowest BCUT2D eigenvalue weighted by molar-refractivity contribution is -0.134. The predicted octanol–water partition coefficient (Wildman–Crippen LogP) is 1.43. The van der Waals surface area contributed by atoms with E-state index in [0.717, 1.165) is 25.2 Å². The van der Waals surface area contributed by atoms with Crippen molar-refractivity contribution < 1.29 is 9.90 Å². The molecule has 0 radical (unpaired) electrons. The van der Waals surface area contributed by atoms with Crippen molar-refractivity contribution in [1.29, 1.82) is 0 Å². The molecule has 2 heteroatoms. The molecule has 0 atom stereocenters. The fraction of sp³-hybridized carbons (Fsp3) is 0.625. The van der Waals surface area contributed by atoms with Crippen molar-refractivity contribution in [3.8, 4) is 0 Å². The van der Waals surface area contributed by atoms with E-state index in [-0.39, 0.29) is 0 Å². The van der Waals surface area contributed by atoms with E-state index in [1.54, 1.807) is 0 Å². The van der Waals surface area contributed by atoms with Gasteiger partial charge in [-0.25, -0.2) is 4.79 Å². The van der Waals surface area contributed by atoms with Crippen LogP contribution in [0.1, 0.15) is 19.3 Å². The topological polar surface area (TPSA) is 37.3 Å². The summed E-state index contributed by atoms with van der Waals surface area (Å²) in [6.45, 7) is 0. The minimum Gasteiger partial charge on any atom is -0.478 e. The minimum atomic E-state index is -0.705. The van der Waals surface area contributed by atoms with Crippen LogP contribution in [0.3, 0.4) is 0 Å². The zero-order valence-electron chi connectivity index (χ0n) is 5.71. The summed E-state index contributed by atoms with van der Waals surface area (Å²) in [6.07, 6.45) is 5.14. The Morgan fingerprint density at radius 3 is 2.60 bits per heavy atom. The van der Waals surface area contributed by atoms with E-state index < -0.39 is 5.97 Å². The van der Waals surface area contributed by atoms with Crippen LogP contribution in [0.2, 0.25) is 0 Å². The van der Waals surface area contributed by atoms with Gasteiger partial charge in [-0.15, -0.1) is 0 Å². The van der Waals surface area contributed by atoms with Crippen molar-refractivity contribution in [2.75, 3.05) is 0 Å². The van der Waals surface area contributed by atoms with Crippen LogP contribution < -0.4 is 0 Å². The van der Waals surface area contributed by atoms with E-state index >= 15 is 0 Å². The molecule has 0 aromatic heterocycles. The molecule has 2 bridgehead atoms. The van der Waals surface area contributed by atoms with E-state index in [9.17, 15) is 4.79 Å². The summed E-state index contributed by atoms with van der Waals surface area (Å²) in [4.78, 5) is 10.5. The van der Waals surface area contributed by atoms with Crippen molar-refractivity contribution >= 4 is 5.97 Å². The smallest absolute Gasteiger partial charge is 0.331 e. The van der Waals surface area contributed by atoms with Gasteiger partial charge in [0, 0.05) is 5.57 Å². The largest absolute Gasteiger partial charge is 0.478 e. The van der Waals surface area contributed by atoms with Crippen LogP contribution in [0, 0.1) is 11.8 Å². The van der Waals surface area contributed by atoms with Crippen molar-refractivity contribution in [3.63, 3.8) is 0 Å². The van der Waals surface area contributed by atoms with Gasteiger partial charge in [0.25, 0.3) is 0 Å². The number of rotatable bonds is 1. The molecule has 0 aliphatic heterocycles. The second-order valence-electron chi connectivity index (χ2n) is 3.23. The molecule has 0 aromatic carbocycles. The quantitative estimate of drug-likeness (QED) is 0.595. The highest BCUT2D eigenvalue weighted by atomic mass is 16.4. The number of hydrogen-bond donors (Lipinski definition) is 1. The predicted molar refractivity (Wildman–Crippen MR) is 36.5 cm³/mol. The molecule has 3 aliphatic carbocycles. The maximum Gasteiger partial charge on any atom is 0.331 e. The van der Waals surface area contributed by atoms with Crippen LogP contribution in [0.4, 0.5) is 0 Å². The fourth-order valence-electron chi connectivity index (χ4n) is 1.90. The number of carboxylic acids is 1. The molecule has 3 rings (SSSR count). The fourth-order valence-corrected chi connectivity index (χ4v) is 1.90. The lowest BCUT2D eigenvalue weighted by atomic mass is 9.65. The van der Waals surface area contributed by atoms with Gasteiger partial charge in [-0.05, 0) is 31.1 Å². The standard InChI is InChI=1S/C8H10O2/c9-8(10)7-2-1-5-3-6(7)4-5/h2,5-6H,1,3-4H2,(H,9,10). The van der Waals surface area contributed by atoms with Gasteiger partial charge >= 0.3 is 5.97 Å². The maximum atomic E-state index is 10.5. The van der Waals surface area contributed by atoms with Crippen LogP contribution in [-0.2, 0) is 4.79 Å². The van der Waals surface area contributed by atoms with Crippen LogP contribution in [0.5, 0.6) is 0 Å². The van der Waals surface area contributed by atoms with Crippen LogP contribution >= 0.6 is 0 Å². The Morgan fingerprint density at radius 2 is 2.30 bits per heavy atom. The molecular weight excluding hydrogens is 128 g/mol. The molecule has 54 valence electrons. The third-order valence-electron chi connectivity index (χ3n) is 2.59. The summed E-state index contributed by atoms with van der Waals surface area (Å²) in [5.41, 5.74) is 0.669. The lowest BCUT2D eigenvalue weighted by Gasteiger charge is -2.39. The van der Waals surface area contributed by atoms with Gasteiger partial charge in [-0.3, -0.25) is 0 Å². The van der Waals surface area contributed by atoms with Crippen LogP contribution in [0.15, 0.2) is 11.6 Å². The average molecular weight is 138 g/mol. The first-order valence-electron chi connectivity index (χ1n) is 3.70. The molecule has 10 heavy (non-hydrogen) atoms. The van der Waals surface area contributed by atoms with E-state index in [4.69, 9.17) is 5.11 Å². The molecule has 0 amide bonds. The number of carbonyl (C=O) groups is 1. The first-order chi connectivity index (χ1) is 4.77. The normalized spacial score (nSPS) is 36.2. The molecule has 0 aromatic rings. The monoisotopic (exact) mass is 138 g/mol. The number of aliphatic carboxylic acids is 1. The number of hydrogen-bond acceptors (Lipinski definition) is 1. The van der Waals surface area contributed by atoms with E-state index in [0.29, 0.717) is 11.5 Å². The highest BCUT2D eigenvalue weighted by Crippen LogP contribution is 2.45. The highest BCUT2D eigenvalue weighted by molar-refractivity contribution is 5.87. The Bertz CT molecular complexity index is 199. The second kappa shape index (κ2) is 1.84. The van der Waals surface area contributed by atoms with Gasteiger partial charge in [0.05, 0.1) is 0 Å². The summed E-state index contributed by atoms with van der Waals surface area (Å²) < 4.78 is 0. The van der Waals surface area contributed by atoms with E-state index in [1.807, 2.05) is 6.08 Å². The molecule has 0 unspecified atom stereocenters. The third-order valence-corrected chi connectivity index (χ3v) is 2.59. The van der Waals surface area contributed by atoms with Gasteiger partial charge in [-0.2, -0.15) is 0 Å². The number of allylic oxidation sites excluding steroid dienone is 1. The van der Waals surface area contributed by atoms with Crippen molar-refractivity contribution in [2.45, 2.75) is 19.3 Å². The molecule has 0 saturated heterocycles. The molecule has 2 nitrogen and oxygen atoms in total. The molecular formula is C8H10O2. The Labute approximate surface area is 59.5 Å². The van der Waals surface area contributed by atoms with Crippen LogP contribution in [0.25, 0.3) is 0 Å². The van der Waals surface area contributed by atoms with Gasteiger partial charge in [-0.1, -0.05) is 6.08 Å². The number of fused-ring (bicyclic) bond motifs is 1. The van der Waals surface area contributed by atoms with Gasteiger partial charge < -0.3 is 5.11 Å². The first-order valence-corrected chi connectivity index (χ1v) is 3.70. The SMILES string of the molecule is O=C(O)C1=CCC2CC1C2. The Hall–Kier alpha value is -0.790. The minimum absolute atomic E-state index is 0.399. The summed E-state index contributed by atoms with van der Waals surface area (Å²) in [6, 6.07) is 0. The highest BCUT2D eigenvalue weighted by Gasteiger charge is 2.37. The van der Waals surface area contributed by atoms with Crippen molar-refractivity contribution in [2.24, 2.45) is 11.8 Å². The lowest BCUT2D eigenvalue weighted by Crippen LogP contribution is -2.31. The van der Waals surface area contributed by atoms with Crippen molar-refractivity contribution in [3.05, 3.63) is 11.6 Å². The Morgan fingerprint density at radius 1 is 1.60 bits per heavy atom. The Balaban J connectivity index is 2.20. The average Bonchev–Trinajstić information content (AvgIpc) is 1.86. The summed E-state index contributed by atoms with van der Waals surface area (Å²) >= 11 is 0. The van der Waals surface area contributed by atoms with E-state index in [1.165, 1.54) is 0 Å². The van der Waals surface area contributed by atoms with Gasteiger partial charge in [0.1, 0.15) is 0 Å². The van der Waals surface area contributed by atoms with Crippen LogP contribution in [-0.4, -0.2) is 11.1 Å². The van der Waals surface area contributed by atoms with Gasteiger partial charge in [0.2, 0.25) is 0 Å². The number of carboxylic acid groups (broad SMARTS) is 1. The maximum absolute atomic E-state index is 10.5. The summed E-state index contributed by atoms with van der Waals surface area (Å²) in [5, 5.41) is 8.66. The van der Waals surface area contributed by atoms with Crippen molar-refractivity contribution in [1.82, 2.24) is 0 Å². The molecule has 1 N–H and O–H groups in total.